The van der Waals surface area contributed by atoms with Crippen molar-refractivity contribution in [2.75, 3.05) is 0 Å². The number of carbonyl (C=O) groups excluding carboxylic acids is 1. The second-order valence-electron chi connectivity index (χ2n) is 12.0. The molecule has 0 aromatic carbocycles. The number of hydrogen-bond acceptors (Lipinski definition) is 5. The van der Waals surface area contributed by atoms with E-state index in [1.807, 2.05) is 6.92 Å². The molecule has 31 heavy (non-hydrogen) atoms. The van der Waals surface area contributed by atoms with E-state index in [1.165, 1.54) is 44.9 Å². The van der Waals surface area contributed by atoms with Gasteiger partial charge >= 0.3 is 0 Å². The number of Topliss-reactive ketones (excluding diaryl/α,β-unsaturated/α-hetero) is 1. The van der Waals surface area contributed by atoms with Crippen LogP contribution in [0.5, 0.6) is 0 Å². The highest BCUT2D eigenvalue weighted by molar-refractivity contribution is 5.82. The predicted octanol–water partition coefficient (Wildman–Crippen LogP) is 4.35. The van der Waals surface area contributed by atoms with E-state index in [1.54, 1.807) is 4.68 Å². The Balaban J connectivity index is 1.37. The fourth-order valence-electron chi connectivity index (χ4n) is 9.13. The Morgan fingerprint density at radius 2 is 1.90 bits per heavy atom. The van der Waals surface area contributed by atoms with E-state index >= 15 is 0 Å². The summed E-state index contributed by atoms with van der Waals surface area (Å²) in [4.78, 5) is 13.4. The Hall–Kier alpha value is -1.30. The van der Waals surface area contributed by atoms with Crippen LogP contribution in [0, 0.1) is 47.3 Å². The van der Waals surface area contributed by atoms with Crippen molar-refractivity contribution in [1.82, 2.24) is 20.2 Å². The molecule has 1 aromatic rings. The van der Waals surface area contributed by atoms with Crippen LogP contribution >= 0.6 is 0 Å². The van der Waals surface area contributed by atoms with Gasteiger partial charge in [0.05, 0.1) is 5.60 Å². The molecule has 4 aliphatic carbocycles. The van der Waals surface area contributed by atoms with Gasteiger partial charge in [-0.1, -0.05) is 13.8 Å². The SMILES string of the molecule is CC[C@]12CC[C@@](C)(O)C[C@H]1CC[C@H]1[C@@H]3CC[C@H](C(=O)Cn4nnnc4C)[C@@]3(C)CC[C@@H]12. The minimum atomic E-state index is -0.474. The molecule has 0 bridgehead atoms. The Labute approximate surface area is 186 Å². The maximum absolute atomic E-state index is 13.4. The quantitative estimate of drug-likeness (QED) is 0.771. The number of hydrogen-bond donors (Lipinski definition) is 1. The molecule has 4 saturated carbocycles. The van der Waals surface area contributed by atoms with Gasteiger partial charge < -0.3 is 5.11 Å². The third-order valence-corrected chi connectivity index (χ3v) is 10.7. The molecule has 1 heterocycles. The molecule has 5 rings (SSSR count). The first kappa shape index (κ1) is 21.5. The molecule has 0 spiro atoms. The van der Waals surface area contributed by atoms with Crippen molar-refractivity contribution in [1.29, 1.82) is 0 Å². The normalized spacial score (nSPS) is 46.8. The molecule has 0 aliphatic heterocycles. The third-order valence-electron chi connectivity index (χ3n) is 10.7. The molecule has 8 atom stereocenters. The molecule has 0 amide bonds. The monoisotopic (exact) mass is 428 g/mol. The van der Waals surface area contributed by atoms with E-state index in [0.717, 1.165) is 31.1 Å². The van der Waals surface area contributed by atoms with Gasteiger partial charge in [0.25, 0.3) is 0 Å². The van der Waals surface area contributed by atoms with Crippen LogP contribution in [-0.4, -0.2) is 36.7 Å². The zero-order valence-corrected chi connectivity index (χ0v) is 19.8. The summed E-state index contributed by atoms with van der Waals surface area (Å²) < 4.78 is 1.66. The maximum Gasteiger partial charge on any atom is 0.158 e. The van der Waals surface area contributed by atoms with Crippen molar-refractivity contribution in [2.24, 2.45) is 40.4 Å². The minimum Gasteiger partial charge on any atom is -0.390 e. The van der Waals surface area contributed by atoms with E-state index in [2.05, 4.69) is 36.3 Å². The van der Waals surface area contributed by atoms with Crippen molar-refractivity contribution in [3.63, 3.8) is 0 Å². The van der Waals surface area contributed by atoms with Crippen LogP contribution in [0.4, 0.5) is 0 Å². The van der Waals surface area contributed by atoms with Crippen LogP contribution in [0.15, 0.2) is 0 Å². The molecule has 1 N–H and O–H groups in total. The number of carbonyl (C=O) groups is 1. The standard InChI is InChI=1S/C25H40N4O2/c1-5-25-13-12-23(3,31)14-17(25)6-7-18-19-8-9-21(24(19,4)11-10-20(18)25)22(30)15-29-16(2)26-27-28-29/h17-21,31H,5-15H2,1-4H3/t17-,18+,19+,20+,21-,23-,24+,25+/m1/s1. The van der Waals surface area contributed by atoms with E-state index in [9.17, 15) is 9.90 Å². The first-order valence-corrected chi connectivity index (χ1v) is 12.7. The number of aromatic nitrogens is 4. The van der Waals surface area contributed by atoms with E-state index in [-0.39, 0.29) is 11.3 Å². The predicted molar refractivity (Wildman–Crippen MR) is 118 cm³/mol. The molecule has 1 aromatic heterocycles. The summed E-state index contributed by atoms with van der Waals surface area (Å²) in [7, 11) is 0. The summed E-state index contributed by atoms with van der Waals surface area (Å²) in [6, 6.07) is 0. The average Bonchev–Trinajstić information content (AvgIpc) is 3.29. The summed E-state index contributed by atoms with van der Waals surface area (Å²) in [5.41, 5.74) is 0.0682. The fourth-order valence-corrected chi connectivity index (χ4v) is 9.13. The van der Waals surface area contributed by atoms with Crippen LogP contribution in [0.1, 0.15) is 90.8 Å². The molecule has 0 unspecified atom stereocenters. The molecular weight excluding hydrogens is 388 g/mol. The zero-order chi connectivity index (χ0) is 22.0. The van der Waals surface area contributed by atoms with Crippen LogP contribution in [0.2, 0.25) is 0 Å². The Bertz CT molecular complexity index is 850. The summed E-state index contributed by atoms with van der Waals surface area (Å²) in [5, 5.41) is 22.4. The summed E-state index contributed by atoms with van der Waals surface area (Å²) in [6.45, 7) is 9.05. The van der Waals surface area contributed by atoms with Gasteiger partial charge in [0, 0.05) is 5.92 Å². The van der Waals surface area contributed by atoms with Crippen LogP contribution in [0.3, 0.4) is 0 Å². The Morgan fingerprint density at radius 1 is 1.10 bits per heavy atom. The maximum atomic E-state index is 13.4. The lowest BCUT2D eigenvalue weighted by atomic mass is 9.42. The van der Waals surface area contributed by atoms with Gasteiger partial charge in [0.1, 0.15) is 12.4 Å². The number of rotatable bonds is 4. The van der Waals surface area contributed by atoms with Crippen LogP contribution < -0.4 is 0 Å². The number of aryl methyl sites for hydroxylation is 1. The highest BCUT2D eigenvalue weighted by Gasteiger charge is 2.62. The van der Waals surface area contributed by atoms with Crippen molar-refractivity contribution >= 4 is 5.78 Å². The van der Waals surface area contributed by atoms with Gasteiger partial charge in [-0.2, -0.15) is 0 Å². The first-order valence-electron chi connectivity index (χ1n) is 12.7. The third kappa shape index (κ3) is 3.22. The van der Waals surface area contributed by atoms with Crippen molar-refractivity contribution < 1.29 is 9.90 Å². The molecule has 0 radical (unpaired) electrons. The summed E-state index contributed by atoms with van der Waals surface area (Å²) in [5.74, 6) is 4.06. The molecule has 4 aliphatic rings. The number of ketones is 1. The van der Waals surface area contributed by atoms with Crippen molar-refractivity contribution in [3.8, 4) is 0 Å². The Morgan fingerprint density at radius 3 is 2.61 bits per heavy atom. The molecule has 6 nitrogen and oxygen atoms in total. The number of nitrogens with zero attached hydrogens (tertiary/aromatic N) is 4. The molecule has 0 saturated heterocycles. The molecule has 4 fully saturated rings. The fraction of sp³-hybridized carbons (Fsp3) is 0.920. The smallest absolute Gasteiger partial charge is 0.158 e. The van der Waals surface area contributed by atoms with Crippen molar-refractivity contribution in [3.05, 3.63) is 5.82 Å². The number of fused-ring (bicyclic) bond motifs is 5. The lowest BCUT2D eigenvalue weighted by Crippen LogP contribution is -2.56. The minimum absolute atomic E-state index is 0.127. The highest BCUT2D eigenvalue weighted by atomic mass is 16.3. The average molecular weight is 429 g/mol. The van der Waals surface area contributed by atoms with E-state index < -0.39 is 5.60 Å². The second-order valence-corrected chi connectivity index (χ2v) is 12.0. The molecule has 6 heteroatoms. The van der Waals surface area contributed by atoms with Gasteiger partial charge in [-0.3, -0.25) is 4.79 Å². The zero-order valence-electron chi connectivity index (χ0n) is 19.8. The number of aliphatic hydroxyl groups is 1. The van der Waals surface area contributed by atoms with Gasteiger partial charge in [0.15, 0.2) is 5.78 Å². The van der Waals surface area contributed by atoms with Gasteiger partial charge in [-0.15, -0.1) is 5.10 Å². The lowest BCUT2D eigenvalue weighted by Gasteiger charge is -2.63. The Kier molecular flexibility index (Phi) is 5.11. The summed E-state index contributed by atoms with van der Waals surface area (Å²) >= 11 is 0. The molecule has 172 valence electrons. The lowest BCUT2D eigenvalue weighted by molar-refractivity contribution is -0.158. The second kappa shape index (κ2) is 7.36. The van der Waals surface area contributed by atoms with Crippen molar-refractivity contribution in [2.45, 2.75) is 104 Å². The first-order chi connectivity index (χ1) is 14.7. The van der Waals surface area contributed by atoms with Crippen LogP contribution in [-0.2, 0) is 11.3 Å². The number of tetrazole rings is 1. The van der Waals surface area contributed by atoms with Gasteiger partial charge in [0.2, 0.25) is 0 Å². The largest absolute Gasteiger partial charge is 0.390 e. The molecular formula is C25H40N4O2. The summed E-state index contributed by atoms with van der Waals surface area (Å²) in [6.07, 6.45) is 11.6. The highest BCUT2D eigenvalue weighted by Crippen LogP contribution is 2.69. The topological polar surface area (TPSA) is 80.9 Å². The van der Waals surface area contributed by atoms with Crippen LogP contribution in [0.25, 0.3) is 0 Å². The van der Waals surface area contributed by atoms with E-state index in [0.29, 0.717) is 35.4 Å². The van der Waals surface area contributed by atoms with Gasteiger partial charge in [-0.25, -0.2) is 4.68 Å². The van der Waals surface area contributed by atoms with Gasteiger partial charge in [-0.05, 0) is 123 Å². The van der Waals surface area contributed by atoms with E-state index in [4.69, 9.17) is 0 Å².